The number of hydrogen-bond acceptors (Lipinski definition) is 5. The van der Waals surface area contributed by atoms with Crippen LogP contribution in [0.5, 0.6) is 0 Å². The van der Waals surface area contributed by atoms with Gasteiger partial charge in [0.2, 0.25) is 0 Å². The van der Waals surface area contributed by atoms with E-state index in [0.717, 1.165) is 0 Å². The van der Waals surface area contributed by atoms with Crippen LogP contribution in [0.25, 0.3) is 0 Å². The van der Waals surface area contributed by atoms with Gasteiger partial charge < -0.3 is 16.2 Å². The topological polar surface area (TPSA) is 123 Å². The zero-order valence-corrected chi connectivity index (χ0v) is 11.4. The SMILES string of the molecule is Cc1c(NC(=O)c2cn(CCN)nn2)cccc1C(=O)O. The molecule has 0 saturated heterocycles. The van der Waals surface area contributed by atoms with E-state index in [-0.39, 0.29) is 11.3 Å². The number of hydrogen-bond donors (Lipinski definition) is 3. The van der Waals surface area contributed by atoms with Gasteiger partial charge in [-0.1, -0.05) is 11.3 Å². The summed E-state index contributed by atoms with van der Waals surface area (Å²) in [5.74, 6) is -1.50. The Morgan fingerprint density at radius 3 is 2.86 bits per heavy atom. The van der Waals surface area contributed by atoms with Crippen molar-refractivity contribution in [3.8, 4) is 0 Å². The van der Waals surface area contributed by atoms with E-state index in [9.17, 15) is 9.59 Å². The molecule has 1 aromatic carbocycles. The first-order valence-electron chi connectivity index (χ1n) is 6.27. The number of nitrogens with one attached hydrogen (secondary N) is 1. The maximum Gasteiger partial charge on any atom is 0.336 e. The maximum absolute atomic E-state index is 12.1. The first kappa shape index (κ1) is 14.7. The zero-order chi connectivity index (χ0) is 15.4. The summed E-state index contributed by atoms with van der Waals surface area (Å²) in [6.45, 7) is 2.49. The van der Waals surface area contributed by atoms with Crippen LogP contribution in [0.1, 0.15) is 26.4 Å². The lowest BCUT2D eigenvalue weighted by Crippen LogP contribution is -2.14. The molecule has 0 unspecified atom stereocenters. The quantitative estimate of drug-likeness (QED) is 0.736. The lowest BCUT2D eigenvalue weighted by molar-refractivity contribution is 0.0695. The second-order valence-corrected chi connectivity index (χ2v) is 4.39. The molecule has 1 heterocycles. The number of amides is 1. The fourth-order valence-corrected chi connectivity index (χ4v) is 1.83. The van der Waals surface area contributed by atoms with Crippen LogP contribution in [0.15, 0.2) is 24.4 Å². The fourth-order valence-electron chi connectivity index (χ4n) is 1.83. The van der Waals surface area contributed by atoms with Gasteiger partial charge >= 0.3 is 5.97 Å². The third-order valence-electron chi connectivity index (χ3n) is 2.94. The summed E-state index contributed by atoms with van der Waals surface area (Å²) in [6.07, 6.45) is 1.48. The maximum atomic E-state index is 12.1. The predicted octanol–water partition coefficient (Wildman–Crippen LogP) is 0.496. The predicted molar refractivity (Wildman–Crippen MR) is 75.2 cm³/mol. The molecule has 110 valence electrons. The molecule has 8 heteroatoms. The first-order valence-corrected chi connectivity index (χ1v) is 6.27. The molecule has 0 spiro atoms. The molecule has 0 saturated carbocycles. The molecule has 0 fully saturated rings. The summed E-state index contributed by atoms with van der Waals surface area (Å²) in [5.41, 5.74) is 6.57. The van der Waals surface area contributed by atoms with Gasteiger partial charge in [0, 0.05) is 12.2 Å². The molecular weight excluding hydrogens is 274 g/mol. The van der Waals surface area contributed by atoms with Crippen molar-refractivity contribution in [3.63, 3.8) is 0 Å². The van der Waals surface area contributed by atoms with E-state index in [1.807, 2.05) is 0 Å². The number of carboxylic acids is 1. The van der Waals surface area contributed by atoms with Crippen LogP contribution < -0.4 is 11.1 Å². The van der Waals surface area contributed by atoms with Crippen LogP contribution in [0.2, 0.25) is 0 Å². The number of carboxylic acid groups (broad SMARTS) is 1. The number of carbonyl (C=O) groups excluding carboxylic acids is 1. The molecule has 1 amide bonds. The van der Waals surface area contributed by atoms with Crippen molar-refractivity contribution < 1.29 is 14.7 Å². The Morgan fingerprint density at radius 1 is 1.43 bits per heavy atom. The summed E-state index contributed by atoms with van der Waals surface area (Å²) in [7, 11) is 0. The van der Waals surface area contributed by atoms with Crippen molar-refractivity contribution in [2.75, 3.05) is 11.9 Å². The van der Waals surface area contributed by atoms with Gasteiger partial charge in [-0.25, -0.2) is 4.79 Å². The molecule has 0 aliphatic heterocycles. The van der Waals surface area contributed by atoms with Gasteiger partial charge in [0.1, 0.15) is 0 Å². The Bertz CT molecular complexity index is 680. The second kappa shape index (κ2) is 6.14. The van der Waals surface area contributed by atoms with Crippen molar-refractivity contribution in [2.24, 2.45) is 5.73 Å². The highest BCUT2D eigenvalue weighted by Gasteiger charge is 2.15. The molecule has 0 aliphatic rings. The minimum Gasteiger partial charge on any atom is -0.478 e. The van der Waals surface area contributed by atoms with Crippen molar-refractivity contribution in [3.05, 3.63) is 41.2 Å². The van der Waals surface area contributed by atoms with Crippen LogP contribution in [0.3, 0.4) is 0 Å². The highest BCUT2D eigenvalue weighted by Crippen LogP contribution is 2.19. The van der Waals surface area contributed by atoms with Crippen LogP contribution in [-0.4, -0.2) is 38.5 Å². The number of aromatic carboxylic acids is 1. The standard InChI is InChI=1S/C13H15N5O3/c1-8-9(13(20)21)3-2-4-10(8)15-12(19)11-7-18(6-5-14)17-16-11/h2-4,7H,5-6,14H2,1H3,(H,15,19)(H,20,21). The Balaban J connectivity index is 2.19. The Hall–Kier alpha value is -2.74. The van der Waals surface area contributed by atoms with Gasteiger partial charge in [0.05, 0.1) is 18.3 Å². The van der Waals surface area contributed by atoms with E-state index in [2.05, 4.69) is 15.6 Å². The molecule has 1 aromatic heterocycles. The van der Waals surface area contributed by atoms with E-state index in [1.165, 1.54) is 16.9 Å². The summed E-state index contributed by atoms with van der Waals surface area (Å²) >= 11 is 0. The van der Waals surface area contributed by atoms with Gasteiger partial charge in [-0.3, -0.25) is 9.48 Å². The first-order chi connectivity index (χ1) is 10.0. The van der Waals surface area contributed by atoms with Gasteiger partial charge in [0.25, 0.3) is 5.91 Å². The van der Waals surface area contributed by atoms with Crippen LogP contribution in [-0.2, 0) is 6.54 Å². The van der Waals surface area contributed by atoms with Crippen molar-refractivity contribution in [2.45, 2.75) is 13.5 Å². The Morgan fingerprint density at radius 2 is 2.19 bits per heavy atom. The summed E-state index contributed by atoms with van der Waals surface area (Å²) < 4.78 is 1.47. The molecule has 0 radical (unpaired) electrons. The molecule has 0 bridgehead atoms. The van der Waals surface area contributed by atoms with Crippen LogP contribution in [0.4, 0.5) is 5.69 Å². The molecule has 2 rings (SSSR count). The minimum atomic E-state index is -1.04. The Labute approximate surface area is 120 Å². The minimum absolute atomic E-state index is 0.139. The van der Waals surface area contributed by atoms with Crippen LogP contribution >= 0.6 is 0 Å². The normalized spacial score (nSPS) is 10.4. The van der Waals surface area contributed by atoms with Gasteiger partial charge in [-0.2, -0.15) is 0 Å². The zero-order valence-electron chi connectivity index (χ0n) is 11.4. The monoisotopic (exact) mass is 289 g/mol. The van der Waals surface area contributed by atoms with Crippen molar-refractivity contribution in [1.29, 1.82) is 0 Å². The smallest absolute Gasteiger partial charge is 0.336 e. The van der Waals surface area contributed by atoms with Gasteiger partial charge in [0.15, 0.2) is 5.69 Å². The van der Waals surface area contributed by atoms with E-state index < -0.39 is 11.9 Å². The molecule has 21 heavy (non-hydrogen) atoms. The highest BCUT2D eigenvalue weighted by molar-refractivity contribution is 6.04. The number of nitrogens with two attached hydrogens (primary N) is 1. The lowest BCUT2D eigenvalue weighted by atomic mass is 10.1. The number of nitrogens with zero attached hydrogens (tertiary/aromatic N) is 3. The van der Waals surface area contributed by atoms with Crippen molar-refractivity contribution in [1.82, 2.24) is 15.0 Å². The summed E-state index contributed by atoms with van der Waals surface area (Å²) in [4.78, 5) is 23.1. The molecule has 4 N–H and O–H groups in total. The van der Waals surface area contributed by atoms with E-state index >= 15 is 0 Å². The molecule has 0 aliphatic carbocycles. The number of aromatic nitrogens is 3. The molecular formula is C13H15N5O3. The largest absolute Gasteiger partial charge is 0.478 e. The number of anilines is 1. The van der Waals surface area contributed by atoms with E-state index in [0.29, 0.717) is 24.3 Å². The fraction of sp³-hybridized carbons (Fsp3) is 0.231. The number of benzene rings is 1. The van der Waals surface area contributed by atoms with Crippen LogP contribution in [0, 0.1) is 6.92 Å². The lowest BCUT2D eigenvalue weighted by Gasteiger charge is -2.09. The molecule has 0 atom stereocenters. The molecule has 8 nitrogen and oxygen atoms in total. The van der Waals surface area contributed by atoms with E-state index in [1.54, 1.807) is 19.1 Å². The van der Waals surface area contributed by atoms with Crippen molar-refractivity contribution >= 4 is 17.6 Å². The average molecular weight is 289 g/mol. The third-order valence-corrected chi connectivity index (χ3v) is 2.94. The second-order valence-electron chi connectivity index (χ2n) is 4.39. The van der Waals surface area contributed by atoms with Gasteiger partial charge in [-0.15, -0.1) is 5.10 Å². The number of rotatable bonds is 5. The van der Waals surface area contributed by atoms with Gasteiger partial charge in [-0.05, 0) is 24.6 Å². The number of carbonyl (C=O) groups is 2. The Kier molecular flexibility index (Phi) is 4.29. The van der Waals surface area contributed by atoms with E-state index in [4.69, 9.17) is 10.8 Å². The summed E-state index contributed by atoms with van der Waals surface area (Å²) in [5, 5.41) is 19.2. The average Bonchev–Trinajstić information content (AvgIpc) is 2.90. The third kappa shape index (κ3) is 3.23. The molecule has 2 aromatic rings. The summed E-state index contributed by atoms with van der Waals surface area (Å²) in [6, 6.07) is 4.67. The highest BCUT2D eigenvalue weighted by atomic mass is 16.4.